The number of amides is 3. The van der Waals surface area contributed by atoms with Crippen molar-refractivity contribution in [2.24, 2.45) is 5.92 Å². The lowest BCUT2D eigenvalue weighted by Gasteiger charge is -2.25. The number of carbonyl (C=O) groups excluding carboxylic acids is 3. The molecule has 0 radical (unpaired) electrons. The van der Waals surface area contributed by atoms with Gasteiger partial charge in [0, 0.05) is 18.8 Å². The summed E-state index contributed by atoms with van der Waals surface area (Å²) in [6.07, 6.45) is 1.28. The van der Waals surface area contributed by atoms with E-state index in [-0.39, 0.29) is 36.6 Å². The quantitative estimate of drug-likeness (QED) is 0.220. The molecule has 2 atom stereocenters. The van der Waals surface area contributed by atoms with Gasteiger partial charge in [-0.15, -0.1) is 0 Å². The van der Waals surface area contributed by atoms with Crippen molar-refractivity contribution < 1.29 is 32.7 Å². The zero-order valence-electron chi connectivity index (χ0n) is 23.6. The standard InChI is InChI=1S/C30H34N4O7S/c1-18(2)13-26(27(35)31-17-19-7-6-10-22(14-19)33-42(3,40)41)32-25(30(38)39)11-12-34-28(36)23-15-20-8-4-5-9-21(20)16-24(23)29(34)37/h4-10,14-16,18,25-26,32-33H,11-13,17H2,1-3H3,(H,31,35)(H,38,39)/t25-,26+/m1/s1. The van der Waals surface area contributed by atoms with Crippen molar-refractivity contribution in [2.45, 2.75) is 45.3 Å². The minimum absolute atomic E-state index is 0.0513. The average molecular weight is 595 g/mol. The molecule has 222 valence electrons. The minimum Gasteiger partial charge on any atom is -0.480 e. The fourth-order valence-electron chi connectivity index (χ4n) is 4.95. The lowest BCUT2D eigenvalue weighted by molar-refractivity contribution is -0.140. The Morgan fingerprint density at radius 3 is 2.07 bits per heavy atom. The molecule has 0 aromatic heterocycles. The van der Waals surface area contributed by atoms with Gasteiger partial charge in [-0.3, -0.25) is 34.1 Å². The third kappa shape index (κ3) is 7.51. The number of hydrogen-bond donors (Lipinski definition) is 4. The topological polar surface area (TPSA) is 162 Å². The summed E-state index contributed by atoms with van der Waals surface area (Å²) in [6.45, 7) is 3.76. The van der Waals surface area contributed by atoms with Gasteiger partial charge in [0.15, 0.2) is 0 Å². The largest absolute Gasteiger partial charge is 0.480 e. The van der Waals surface area contributed by atoms with Gasteiger partial charge < -0.3 is 10.4 Å². The van der Waals surface area contributed by atoms with Gasteiger partial charge in [0.05, 0.1) is 23.4 Å². The molecule has 1 aliphatic heterocycles. The lowest BCUT2D eigenvalue weighted by Crippen LogP contribution is -2.52. The highest BCUT2D eigenvalue weighted by Gasteiger charge is 2.37. The third-order valence-corrected chi connectivity index (χ3v) is 7.51. The molecule has 3 aromatic rings. The Morgan fingerprint density at radius 2 is 1.52 bits per heavy atom. The fourth-order valence-corrected chi connectivity index (χ4v) is 5.51. The van der Waals surface area contributed by atoms with Crippen LogP contribution in [-0.4, -0.2) is 67.0 Å². The van der Waals surface area contributed by atoms with Crippen LogP contribution in [0.2, 0.25) is 0 Å². The van der Waals surface area contributed by atoms with Crippen molar-refractivity contribution in [2.75, 3.05) is 17.5 Å². The summed E-state index contributed by atoms with van der Waals surface area (Å²) >= 11 is 0. The van der Waals surface area contributed by atoms with Crippen molar-refractivity contribution in [1.29, 1.82) is 0 Å². The number of nitrogens with zero attached hydrogens (tertiary/aromatic N) is 1. The second-order valence-electron chi connectivity index (χ2n) is 10.8. The Labute approximate surface area is 244 Å². The number of anilines is 1. The van der Waals surface area contributed by atoms with Crippen LogP contribution in [0.5, 0.6) is 0 Å². The summed E-state index contributed by atoms with van der Waals surface area (Å²) < 4.78 is 25.4. The molecule has 1 aliphatic rings. The Bertz CT molecular complexity index is 1580. The van der Waals surface area contributed by atoms with Gasteiger partial charge in [-0.2, -0.15) is 0 Å². The maximum atomic E-state index is 13.2. The van der Waals surface area contributed by atoms with Crippen molar-refractivity contribution in [3.05, 3.63) is 77.4 Å². The van der Waals surface area contributed by atoms with Crippen molar-refractivity contribution in [3.8, 4) is 0 Å². The first-order valence-corrected chi connectivity index (χ1v) is 15.4. The van der Waals surface area contributed by atoms with Gasteiger partial charge in [-0.05, 0) is 59.4 Å². The van der Waals surface area contributed by atoms with Gasteiger partial charge in [0.2, 0.25) is 15.9 Å². The highest BCUT2D eigenvalue weighted by molar-refractivity contribution is 7.92. The van der Waals surface area contributed by atoms with Gasteiger partial charge in [-0.25, -0.2) is 8.42 Å². The maximum absolute atomic E-state index is 13.2. The smallest absolute Gasteiger partial charge is 0.320 e. The number of sulfonamides is 1. The van der Waals surface area contributed by atoms with Crippen molar-refractivity contribution in [1.82, 2.24) is 15.5 Å². The maximum Gasteiger partial charge on any atom is 0.320 e. The van der Waals surface area contributed by atoms with Crippen LogP contribution < -0.4 is 15.4 Å². The number of nitrogens with one attached hydrogen (secondary N) is 3. The zero-order chi connectivity index (χ0) is 30.6. The van der Waals surface area contributed by atoms with E-state index in [2.05, 4.69) is 15.4 Å². The second kappa shape index (κ2) is 12.7. The van der Waals surface area contributed by atoms with Crippen LogP contribution in [-0.2, 0) is 26.2 Å². The van der Waals surface area contributed by atoms with Crippen molar-refractivity contribution in [3.63, 3.8) is 0 Å². The van der Waals surface area contributed by atoms with E-state index in [1.54, 1.807) is 36.4 Å². The molecule has 0 aliphatic carbocycles. The van der Waals surface area contributed by atoms with E-state index < -0.39 is 45.8 Å². The first-order valence-electron chi connectivity index (χ1n) is 13.5. The summed E-state index contributed by atoms with van der Waals surface area (Å²) in [5.74, 6) is -2.54. The van der Waals surface area contributed by atoms with Crippen LogP contribution in [0, 0.1) is 5.92 Å². The second-order valence-corrected chi connectivity index (χ2v) is 12.6. The molecule has 3 aromatic carbocycles. The zero-order valence-corrected chi connectivity index (χ0v) is 24.4. The van der Waals surface area contributed by atoms with Crippen LogP contribution in [0.15, 0.2) is 60.7 Å². The van der Waals surface area contributed by atoms with E-state index in [1.807, 2.05) is 38.1 Å². The highest BCUT2D eigenvalue weighted by atomic mass is 32.2. The predicted octanol–water partition coefficient (Wildman–Crippen LogP) is 2.97. The molecule has 0 fully saturated rings. The van der Waals surface area contributed by atoms with Crippen LogP contribution in [0.3, 0.4) is 0 Å². The molecular formula is C30H34N4O7S. The molecule has 0 saturated heterocycles. The molecule has 0 saturated carbocycles. The molecule has 11 nitrogen and oxygen atoms in total. The number of hydrogen-bond acceptors (Lipinski definition) is 7. The normalized spacial score (nSPS) is 14.6. The van der Waals surface area contributed by atoms with Crippen LogP contribution in [0.4, 0.5) is 5.69 Å². The molecule has 0 bridgehead atoms. The number of carboxylic acid groups (broad SMARTS) is 1. The number of carbonyl (C=O) groups is 4. The molecule has 3 amide bonds. The molecule has 4 rings (SSSR count). The van der Waals surface area contributed by atoms with E-state index in [4.69, 9.17) is 0 Å². The number of rotatable bonds is 13. The lowest BCUT2D eigenvalue weighted by atomic mass is 10.0. The van der Waals surface area contributed by atoms with Gasteiger partial charge in [-0.1, -0.05) is 50.2 Å². The number of aliphatic carboxylic acids is 1. The van der Waals surface area contributed by atoms with Gasteiger partial charge in [0.25, 0.3) is 11.8 Å². The highest BCUT2D eigenvalue weighted by Crippen LogP contribution is 2.28. The fraction of sp³-hybridized carbons (Fsp3) is 0.333. The van der Waals surface area contributed by atoms with Crippen molar-refractivity contribution >= 4 is 50.2 Å². The Morgan fingerprint density at radius 1 is 0.905 bits per heavy atom. The number of fused-ring (bicyclic) bond motifs is 2. The predicted molar refractivity (Wildman–Crippen MR) is 158 cm³/mol. The average Bonchev–Trinajstić information content (AvgIpc) is 3.14. The molecule has 4 N–H and O–H groups in total. The summed E-state index contributed by atoms with van der Waals surface area (Å²) in [4.78, 5) is 52.5. The van der Waals surface area contributed by atoms with Gasteiger partial charge in [0.1, 0.15) is 6.04 Å². The van der Waals surface area contributed by atoms with E-state index in [1.165, 1.54) is 0 Å². The van der Waals surface area contributed by atoms with E-state index in [9.17, 15) is 32.7 Å². The monoisotopic (exact) mass is 594 g/mol. The van der Waals surface area contributed by atoms with E-state index >= 15 is 0 Å². The third-order valence-electron chi connectivity index (χ3n) is 6.90. The van der Waals surface area contributed by atoms with Crippen LogP contribution >= 0.6 is 0 Å². The van der Waals surface area contributed by atoms with E-state index in [0.717, 1.165) is 21.9 Å². The van der Waals surface area contributed by atoms with Crippen LogP contribution in [0.1, 0.15) is 53.0 Å². The molecule has 0 spiro atoms. The number of benzene rings is 3. The molecule has 1 heterocycles. The Balaban J connectivity index is 1.42. The molecule has 0 unspecified atom stereocenters. The molecular weight excluding hydrogens is 560 g/mol. The van der Waals surface area contributed by atoms with Crippen LogP contribution in [0.25, 0.3) is 10.8 Å². The molecule has 12 heteroatoms. The summed E-state index contributed by atoms with van der Waals surface area (Å²) in [6, 6.07) is 15.2. The first kappa shape index (κ1) is 30.7. The Hall–Kier alpha value is -4.29. The minimum atomic E-state index is -3.47. The number of carboxylic acids is 1. The first-order chi connectivity index (χ1) is 19.8. The summed E-state index contributed by atoms with van der Waals surface area (Å²) in [5, 5.41) is 17.3. The molecule has 42 heavy (non-hydrogen) atoms. The SMILES string of the molecule is CC(C)C[C@H](N[C@H](CCN1C(=O)c2cc3ccccc3cc2C1=O)C(=O)O)C(=O)NCc1cccc(NS(C)(=O)=O)c1. The summed E-state index contributed by atoms with van der Waals surface area (Å²) in [7, 11) is -3.47. The number of imide groups is 1. The summed E-state index contributed by atoms with van der Waals surface area (Å²) in [5.41, 5.74) is 1.57. The Kier molecular flexibility index (Phi) is 9.27. The van der Waals surface area contributed by atoms with E-state index in [0.29, 0.717) is 17.7 Å². The van der Waals surface area contributed by atoms with Gasteiger partial charge >= 0.3 is 5.97 Å².